The molecule has 0 bridgehead atoms. The van der Waals surface area contributed by atoms with E-state index in [2.05, 4.69) is 25.2 Å². The second kappa shape index (κ2) is 6.77. The van der Waals surface area contributed by atoms with Gasteiger partial charge in [0.25, 0.3) is 0 Å². The van der Waals surface area contributed by atoms with Gasteiger partial charge in [-0.1, -0.05) is 49.7 Å². The molecule has 2 aromatic carbocycles. The summed E-state index contributed by atoms with van der Waals surface area (Å²) in [6.45, 7) is 4.18. The molecule has 1 saturated carbocycles. The summed E-state index contributed by atoms with van der Waals surface area (Å²) in [4.78, 5) is 23.4. The number of aromatic carboxylic acids is 1. The molecule has 2 aliphatic rings. The smallest absolute Gasteiger partial charge is 0.337 e. The van der Waals surface area contributed by atoms with E-state index in [1.807, 2.05) is 24.3 Å². The van der Waals surface area contributed by atoms with Crippen molar-refractivity contribution in [2.45, 2.75) is 51.0 Å². The fourth-order valence-corrected chi connectivity index (χ4v) is 4.66. The molecule has 3 N–H and O–H groups in total. The average Bonchev–Trinajstić information content (AvgIpc) is 3.42. The molecule has 1 atom stereocenters. The first kappa shape index (κ1) is 19.8. The van der Waals surface area contributed by atoms with Crippen molar-refractivity contribution in [3.8, 4) is 0 Å². The van der Waals surface area contributed by atoms with Crippen molar-refractivity contribution >= 4 is 29.2 Å². The fourth-order valence-electron chi connectivity index (χ4n) is 4.44. The van der Waals surface area contributed by atoms with Gasteiger partial charge in [-0.05, 0) is 59.9 Å². The highest BCUT2D eigenvalue weighted by Gasteiger charge is 2.50. The van der Waals surface area contributed by atoms with E-state index in [4.69, 9.17) is 11.6 Å². The van der Waals surface area contributed by atoms with Gasteiger partial charge in [0.15, 0.2) is 0 Å². The Hall–Kier alpha value is -2.53. The molecule has 6 heteroatoms. The number of hydrogen-bond donors (Lipinski definition) is 3. The molecule has 1 heterocycles. The second-order valence-corrected chi connectivity index (χ2v) is 9.41. The topological polar surface area (TPSA) is 86.6 Å². The van der Waals surface area contributed by atoms with Crippen LogP contribution in [0.15, 0.2) is 36.4 Å². The van der Waals surface area contributed by atoms with Gasteiger partial charge in [0, 0.05) is 5.02 Å². The Bertz CT molecular complexity index is 1010. The van der Waals surface area contributed by atoms with Gasteiger partial charge in [-0.2, -0.15) is 0 Å². The van der Waals surface area contributed by atoms with E-state index < -0.39 is 17.4 Å². The summed E-state index contributed by atoms with van der Waals surface area (Å²) in [5.41, 5.74) is 2.84. The zero-order valence-corrected chi connectivity index (χ0v) is 17.2. The van der Waals surface area contributed by atoms with Crippen molar-refractivity contribution in [2.75, 3.05) is 5.32 Å². The minimum absolute atomic E-state index is 0.0725. The number of aliphatic carboxylic acids is 1. The van der Waals surface area contributed by atoms with Gasteiger partial charge in [-0.15, -0.1) is 0 Å². The monoisotopic (exact) mass is 413 g/mol. The lowest BCUT2D eigenvalue weighted by molar-refractivity contribution is -0.143. The van der Waals surface area contributed by atoms with Gasteiger partial charge in [0.2, 0.25) is 0 Å². The molecule has 0 radical (unpaired) electrons. The first-order valence-electron chi connectivity index (χ1n) is 9.77. The van der Waals surface area contributed by atoms with Gasteiger partial charge in [-0.25, -0.2) is 4.79 Å². The summed E-state index contributed by atoms with van der Waals surface area (Å²) in [5, 5.41) is 23.0. The molecule has 2 aromatic rings. The molecule has 152 valence electrons. The van der Waals surface area contributed by atoms with Gasteiger partial charge < -0.3 is 15.5 Å². The standard InChI is InChI=1S/C23H24ClNO4/c1-22(2)12-18(25-19-16(20(26)27)9-15(24)10-17(19)22)14-5-3-4-13(8-14)11-23(6-7-23)21(28)29/h3-5,8-10,18,25H,6-7,11-12H2,1-2H3,(H,26,27)(H,28,29). The van der Waals surface area contributed by atoms with Crippen LogP contribution in [0.1, 0.15) is 66.2 Å². The van der Waals surface area contributed by atoms with E-state index >= 15 is 0 Å². The molecule has 0 spiro atoms. The highest BCUT2D eigenvalue weighted by molar-refractivity contribution is 6.31. The number of rotatable bonds is 5. The van der Waals surface area contributed by atoms with Crippen LogP contribution < -0.4 is 5.32 Å². The molecule has 0 amide bonds. The maximum atomic E-state index is 11.8. The van der Waals surface area contributed by atoms with E-state index in [-0.39, 0.29) is 17.0 Å². The van der Waals surface area contributed by atoms with Crippen LogP contribution in [0.5, 0.6) is 0 Å². The van der Waals surface area contributed by atoms with Gasteiger partial charge in [-0.3, -0.25) is 4.79 Å². The molecule has 1 unspecified atom stereocenters. The van der Waals surface area contributed by atoms with E-state index in [1.54, 1.807) is 0 Å². The van der Waals surface area contributed by atoms with Crippen LogP contribution in [0.4, 0.5) is 5.69 Å². The Morgan fingerprint density at radius 2 is 1.90 bits per heavy atom. The summed E-state index contributed by atoms with van der Waals surface area (Å²) in [5.74, 6) is -1.74. The molecule has 1 aliphatic heterocycles. The Morgan fingerprint density at radius 1 is 1.17 bits per heavy atom. The Balaban J connectivity index is 1.69. The maximum absolute atomic E-state index is 11.8. The largest absolute Gasteiger partial charge is 0.481 e. The van der Waals surface area contributed by atoms with Crippen LogP contribution >= 0.6 is 11.6 Å². The second-order valence-electron chi connectivity index (χ2n) is 8.97. The van der Waals surface area contributed by atoms with Crippen molar-refractivity contribution in [3.05, 3.63) is 63.7 Å². The minimum Gasteiger partial charge on any atom is -0.481 e. The van der Waals surface area contributed by atoms with Gasteiger partial charge in [0.1, 0.15) is 0 Å². The molecule has 5 nitrogen and oxygen atoms in total. The van der Waals surface area contributed by atoms with Crippen LogP contribution in [-0.4, -0.2) is 22.2 Å². The third-order valence-electron chi connectivity index (χ3n) is 6.30. The van der Waals surface area contributed by atoms with Crippen molar-refractivity contribution < 1.29 is 19.8 Å². The van der Waals surface area contributed by atoms with Crippen molar-refractivity contribution in [3.63, 3.8) is 0 Å². The third kappa shape index (κ3) is 3.60. The molecule has 1 aliphatic carbocycles. The van der Waals surface area contributed by atoms with Crippen LogP contribution in [0.3, 0.4) is 0 Å². The van der Waals surface area contributed by atoms with Crippen molar-refractivity contribution in [1.82, 2.24) is 0 Å². The molecule has 1 fully saturated rings. The average molecular weight is 414 g/mol. The predicted octanol–water partition coefficient (Wildman–Crippen LogP) is 5.28. The molecule has 29 heavy (non-hydrogen) atoms. The molecular weight excluding hydrogens is 390 g/mol. The quantitative estimate of drug-likeness (QED) is 0.620. The van der Waals surface area contributed by atoms with Crippen LogP contribution in [0.2, 0.25) is 5.02 Å². The van der Waals surface area contributed by atoms with Crippen LogP contribution in [-0.2, 0) is 16.6 Å². The summed E-state index contributed by atoms with van der Waals surface area (Å²) in [7, 11) is 0. The summed E-state index contributed by atoms with van der Waals surface area (Å²) >= 11 is 6.18. The lowest BCUT2D eigenvalue weighted by Crippen LogP contribution is -2.32. The first-order chi connectivity index (χ1) is 13.6. The third-order valence-corrected chi connectivity index (χ3v) is 6.52. The first-order valence-corrected chi connectivity index (χ1v) is 10.2. The van der Waals surface area contributed by atoms with E-state index in [9.17, 15) is 19.8 Å². The fraction of sp³-hybridized carbons (Fsp3) is 0.391. The number of hydrogen-bond acceptors (Lipinski definition) is 3. The number of benzene rings is 2. The summed E-state index contributed by atoms with van der Waals surface area (Å²) < 4.78 is 0. The lowest BCUT2D eigenvalue weighted by atomic mass is 9.73. The lowest BCUT2D eigenvalue weighted by Gasteiger charge is -2.39. The number of carboxylic acids is 2. The highest BCUT2D eigenvalue weighted by atomic mass is 35.5. The van der Waals surface area contributed by atoms with E-state index in [0.717, 1.165) is 36.0 Å². The number of fused-ring (bicyclic) bond motifs is 1. The molecule has 4 rings (SSSR count). The Morgan fingerprint density at radius 3 is 2.52 bits per heavy atom. The van der Waals surface area contributed by atoms with Crippen molar-refractivity contribution in [2.24, 2.45) is 5.41 Å². The Kier molecular flexibility index (Phi) is 4.61. The minimum atomic E-state index is -1.02. The number of anilines is 1. The highest BCUT2D eigenvalue weighted by Crippen LogP contribution is 2.49. The number of carboxylic acid groups (broad SMARTS) is 2. The van der Waals surface area contributed by atoms with E-state index in [0.29, 0.717) is 17.1 Å². The van der Waals surface area contributed by atoms with Gasteiger partial charge >= 0.3 is 11.9 Å². The van der Waals surface area contributed by atoms with Gasteiger partial charge in [0.05, 0.1) is 22.7 Å². The Labute approximate surface area is 174 Å². The molecule has 0 aromatic heterocycles. The van der Waals surface area contributed by atoms with E-state index in [1.165, 1.54) is 6.07 Å². The zero-order valence-electron chi connectivity index (χ0n) is 16.5. The number of halogens is 1. The summed E-state index contributed by atoms with van der Waals surface area (Å²) in [6, 6.07) is 11.2. The maximum Gasteiger partial charge on any atom is 0.337 e. The normalized spacial score (nSPS) is 21.0. The molecular formula is C23H24ClNO4. The predicted molar refractivity (Wildman–Crippen MR) is 112 cm³/mol. The van der Waals surface area contributed by atoms with Crippen LogP contribution in [0.25, 0.3) is 0 Å². The number of nitrogens with one attached hydrogen (secondary N) is 1. The van der Waals surface area contributed by atoms with Crippen LogP contribution in [0, 0.1) is 5.41 Å². The summed E-state index contributed by atoms with van der Waals surface area (Å²) in [6.07, 6.45) is 2.74. The SMILES string of the molecule is CC1(C)CC(c2cccc(CC3(C(=O)O)CC3)c2)Nc2c(C(=O)O)cc(Cl)cc21. The van der Waals surface area contributed by atoms with Crippen molar-refractivity contribution in [1.29, 1.82) is 0 Å². The zero-order chi connectivity index (χ0) is 21.0. The molecule has 0 saturated heterocycles. The number of carbonyl (C=O) groups is 2.